The first kappa shape index (κ1) is 20.6. The predicted octanol–water partition coefficient (Wildman–Crippen LogP) is 5.60. The van der Waals surface area contributed by atoms with Crippen molar-refractivity contribution in [3.05, 3.63) is 86.5 Å². The number of thioether (sulfide) groups is 1. The van der Waals surface area contributed by atoms with E-state index in [1.807, 2.05) is 68.4 Å². The van der Waals surface area contributed by atoms with Gasteiger partial charge in [-0.05, 0) is 43.5 Å². The molecule has 0 atom stereocenters. The van der Waals surface area contributed by atoms with Gasteiger partial charge in [0, 0.05) is 10.4 Å². The number of ketones is 1. The van der Waals surface area contributed by atoms with Crippen LogP contribution in [0.5, 0.6) is 0 Å². The van der Waals surface area contributed by atoms with Gasteiger partial charge < -0.3 is 0 Å². The second kappa shape index (κ2) is 8.58. The third kappa shape index (κ3) is 3.85. The molecule has 2 aromatic heterocycles. The van der Waals surface area contributed by atoms with Crippen molar-refractivity contribution in [1.29, 1.82) is 0 Å². The van der Waals surface area contributed by atoms with Crippen LogP contribution in [0.4, 0.5) is 0 Å². The Morgan fingerprint density at radius 1 is 1.07 bits per heavy atom. The maximum absolute atomic E-state index is 13.5. The highest BCUT2D eigenvalue weighted by Gasteiger charge is 2.19. The van der Waals surface area contributed by atoms with Crippen LogP contribution in [-0.2, 0) is 6.42 Å². The largest absolute Gasteiger partial charge is 0.293 e. The van der Waals surface area contributed by atoms with Crippen molar-refractivity contribution in [3.63, 3.8) is 0 Å². The van der Waals surface area contributed by atoms with E-state index in [1.54, 1.807) is 4.57 Å². The number of nitrogens with zero attached hydrogens (tertiary/aromatic N) is 2. The highest BCUT2D eigenvalue weighted by atomic mass is 32.2. The number of carbonyl (C=O) groups excluding carboxylic acids is 1. The first-order chi connectivity index (χ1) is 14.5. The maximum Gasteiger partial charge on any atom is 0.267 e. The minimum absolute atomic E-state index is 0.0152. The molecule has 30 heavy (non-hydrogen) atoms. The van der Waals surface area contributed by atoms with Crippen molar-refractivity contribution in [2.75, 3.05) is 5.75 Å². The molecule has 2 aromatic carbocycles. The Morgan fingerprint density at radius 2 is 1.77 bits per heavy atom. The van der Waals surface area contributed by atoms with Crippen LogP contribution >= 0.6 is 23.1 Å². The van der Waals surface area contributed by atoms with Crippen molar-refractivity contribution in [2.24, 2.45) is 0 Å². The summed E-state index contributed by atoms with van der Waals surface area (Å²) in [6.07, 6.45) is 0.933. The number of thiophene rings is 1. The van der Waals surface area contributed by atoms with Gasteiger partial charge in [-0.25, -0.2) is 4.98 Å². The molecule has 2 heterocycles. The Labute approximate surface area is 183 Å². The van der Waals surface area contributed by atoms with Crippen LogP contribution in [0, 0.1) is 13.8 Å². The fourth-order valence-corrected chi connectivity index (χ4v) is 5.30. The van der Waals surface area contributed by atoms with Crippen molar-refractivity contribution in [1.82, 2.24) is 9.55 Å². The fraction of sp³-hybridized carbons (Fsp3) is 0.208. The van der Waals surface area contributed by atoms with Crippen LogP contribution in [-0.4, -0.2) is 21.1 Å². The van der Waals surface area contributed by atoms with Crippen molar-refractivity contribution in [2.45, 2.75) is 32.3 Å². The third-order valence-electron chi connectivity index (χ3n) is 5.20. The molecule has 4 nitrogen and oxygen atoms in total. The van der Waals surface area contributed by atoms with Gasteiger partial charge in [-0.3, -0.25) is 14.2 Å². The summed E-state index contributed by atoms with van der Waals surface area (Å²) in [7, 11) is 0. The number of benzene rings is 2. The lowest BCUT2D eigenvalue weighted by molar-refractivity contribution is 0.102. The summed E-state index contributed by atoms with van der Waals surface area (Å²) in [6, 6.07) is 17.2. The molecule has 4 rings (SSSR count). The Morgan fingerprint density at radius 3 is 2.43 bits per heavy atom. The van der Waals surface area contributed by atoms with Gasteiger partial charge in [0.05, 0.1) is 16.8 Å². The molecular weight excluding hydrogens is 412 g/mol. The van der Waals surface area contributed by atoms with Crippen LogP contribution in [0.25, 0.3) is 15.9 Å². The van der Waals surface area contributed by atoms with E-state index in [0.717, 1.165) is 27.4 Å². The summed E-state index contributed by atoms with van der Waals surface area (Å²) >= 11 is 2.83. The van der Waals surface area contributed by atoms with Gasteiger partial charge in [-0.15, -0.1) is 11.3 Å². The molecular formula is C24H22N2O2S2. The standard InChI is InChI=1S/C24H22N2O2S2/c1-4-17-10-12-19(13-11-17)26-23(28)21-15(2)16(3)30-22(21)25-24(26)29-14-20(27)18-8-6-5-7-9-18/h5-13H,4,14H2,1-3H3. The Balaban J connectivity index is 1.80. The third-order valence-corrected chi connectivity index (χ3v) is 7.24. The normalized spacial score (nSPS) is 11.2. The van der Waals surface area contributed by atoms with Crippen LogP contribution in [0.3, 0.4) is 0 Å². The molecule has 0 unspecified atom stereocenters. The monoisotopic (exact) mass is 434 g/mol. The van der Waals surface area contributed by atoms with Crippen LogP contribution < -0.4 is 5.56 Å². The van der Waals surface area contributed by atoms with Crippen LogP contribution in [0.15, 0.2) is 64.5 Å². The second-order valence-corrected chi connectivity index (χ2v) is 9.24. The number of aryl methyl sites for hydroxylation is 3. The zero-order valence-corrected chi connectivity index (χ0v) is 18.8. The first-order valence-corrected chi connectivity index (χ1v) is 11.6. The maximum atomic E-state index is 13.5. The Hall–Kier alpha value is -2.70. The summed E-state index contributed by atoms with van der Waals surface area (Å²) in [5, 5.41) is 1.21. The molecule has 0 radical (unpaired) electrons. The molecule has 0 saturated carbocycles. The summed E-state index contributed by atoms with van der Waals surface area (Å²) in [5.74, 6) is 0.236. The first-order valence-electron chi connectivity index (χ1n) is 9.82. The smallest absolute Gasteiger partial charge is 0.267 e. The van der Waals surface area contributed by atoms with E-state index >= 15 is 0 Å². The number of fused-ring (bicyclic) bond motifs is 1. The molecule has 4 aromatic rings. The Kier molecular flexibility index (Phi) is 5.88. The lowest BCUT2D eigenvalue weighted by Crippen LogP contribution is -2.22. The lowest BCUT2D eigenvalue weighted by Gasteiger charge is -2.12. The average Bonchev–Trinajstić information content (AvgIpc) is 3.06. The number of carbonyl (C=O) groups is 1. The van der Waals surface area contributed by atoms with Crippen LogP contribution in [0.2, 0.25) is 0 Å². The Bertz CT molecular complexity index is 1270. The molecule has 0 N–H and O–H groups in total. The zero-order valence-electron chi connectivity index (χ0n) is 17.1. The van der Waals surface area contributed by atoms with E-state index in [9.17, 15) is 9.59 Å². The van der Waals surface area contributed by atoms with E-state index in [4.69, 9.17) is 4.98 Å². The van der Waals surface area contributed by atoms with E-state index in [0.29, 0.717) is 16.1 Å². The van der Waals surface area contributed by atoms with Gasteiger partial charge in [-0.2, -0.15) is 0 Å². The van der Waals surface area contributed by atoms with E-state index < -0.39 is 0 Å². The molecule has 0 spiro atoms. The topological polar surface area (TPSA) is 52.0 Å². The van der Waals surface area contributed by atoms with Gasteiger partial charge in [0.2, 0.25) is 0 Å². The average molecular weight is 435 g/mol. The van der Waals surface area contributed by atoms with Gasteiger partial charge in [0.1, 0.15) is 4.83 Å². The predicted molar refractivity (Wildman–Crippen MR) is 126 cm³/mol. The van der Waals surface area contributed by atoms with Crippen molar-refractivity contribution >= 4 is 39.1 Å². The molecule has 0 aliphatic heterocycles. The summed E-state index contributed by atoms with van der Waals surface area (Å²) < 4.78 is 1.64. The molecule has 0 amide bonds. The van der Waals surface area contributed by atoms with E-state index in [1.165, 1.54) is 28.7 Å². The molecule has 0 saturated heterocycles. The van der Waals surface area contributed by atoms with Gasteiger partial charge in [0.15, 0.2) is 10.9 Å². The zero-order chi connectivity index (χ0) is 21.3. The summed E-state index contributed by atoms with van der Waals surface area (Å²) in [6.45, 7) is 6.07. The number of hydrogen-bond acceptors (Lipinski definition) is 5. The minimum Gasteiger partial charge on any atom is -0.293 e. The molecule has 0 aliphatic rings. The quantitative estimate of drug-likeness (QED) is 0.225. The van der Waals surface area contributed by atoms with E-state index in [2.05, 4.69) is 6.92 Å². The van der Waals surface area contributed by atoms with Gasteiger partial charge in [-0.1, -0.05) is 61.2 Å². The van der Waals surface area contributed by atoms with Crippen molar-refractivity contribution in [3.8, 4) is 5.69 Å². The van der Waals surface area contributed by atoms with Gasteiger partial charge in [0.25, 0.3) is 5.56 Å². The highest BCUT2D eigenvalue weighted by molar-refractivity contribution is 7.99. The molecule has 6 heteroatoms. The molecule has 0 bridgehead atoms. The second-order valence-electron chi connectivity index (χ2n) is 7.10. The number of aromatic nitrogens is 2. The lowest BCUT2D eigenvalue weighted by atomic mass is 10.1. The van der Waals surface area contributed by atoms with Crippen molar-refractivity contribution < 1.29 is 4.79 Å². The molecule has 0 fully saturated rings. The fourth-order valence-electron chi connectivity index (χ4n) is 3.32. The summed E-state index contributed by atoms with van der Waals surface area (Å²) in [4.78, 5) is 32.7. The number of Topliss-reactive ketones (excluding diaryl/α,β-unsaturated/α-hetero) is 1. The van der Waals surface area contributed by atoms with E-state index in [-0.39, 0.29) is 17.1 Å². The summed E-state index contributed by atoms with van der Waals surface area (Å²) in [5.41, 5.74) is 3.53. The number of hydrogen-bond donors (Lipinski definition) is 0. The van der Waals surface area contributed by atoms with Gasteiger partial charge >= 0.3 is 0 Å². The molecule has 0 aliphatic carbocycles. The highest BCUT2D eigenvalue weighted by Crippen LogP contribution is 2.30. The SMILES string of the molecule is CCc1ccc(-n2c(SCC(=O)c3ccccc3)nc3sc(C)c(C)c3c2=O)cc1. The number of rotatable bonds is 6. The molecule has 152 valence electrons. The van der Waals surface area contributed by atoms with Crippen LogP contribution in [0.1, 0.15) is 33.3 Å². The minimum atomic E-state index is -0.0826.